The molecule has 0 aliphatic heterocycles. The lowest BCUT2D eigenvalue weighted by Crippen LogP contribution is -2.58. The van der Waals surface area contributed by atoms with E-state index >= 15 is 0 Å². The standard InChI is InChI=1S/C10H14FN3O2S/c11-8-4-9(6-13-5-8)17(15,16)14-10(7-12)2-1-3-10/h4-6,14H,1-3,7,12H2. The Morgan fingerprint density at radius 2 is 2.18 bits per heavy atom. The van der Waals surface area contributed by atoms with E-state index < -0.39 is 21.4 Å². The molecule has 1 aromatic rings. The topological polar surface area (TPSA) is 85.1 Å². The van der Waals surface area contributed by atoms with E-state index in [1.165, 1.54) is 0 Å². The lowest BCUT2D eigenvalue weighted by molar-refractivity contribution is 0.230. The molecule has 94 valence electrons. The van der Waals surface area contributed by atoms with Crippen molar-refractivity contribution >= 4 is 10.0 Å². The Morgan fingerprint density at radius 3 is 2.65 bits per heavy atom. The van der Waals surface area contributed by atoms with E-state index in [2.05, 4.69) is 9.71 Å². The quantitative estimate of drug-likeness (QED) is 0.818. The third kappa shape index (κ3) is 2.46. The second kappa shape index (κ2) is 4.32. The molecular weight excluding hydrogens is 245 g/mol. The zero-order chi connectivity index (χ0) is 12.5. The number of rotatable bonds is 4. The van der Waals surface area contributed by atoms with Crippen LogP contribution < -0.4 is 10.5 Å². The fourth-order valence-electron chi connectivity index (χ4n) is 1.83. The predicted molar refractivity (Wildman–Crippen MR) is 60.2 cm³/mol. The molecule has 1 heterocycles. The van der Waals surface area contributed by atoms with Gasteiger partial charge in [0.15, 0.2) is 0 Å². The third-order valence-electron chi connectivity index (χ3n) is 3.04. The lowest BCUT2D eigenvalue weighted by Gasteiger charge is -2.41. The summed E-state index contributed by atoms with van der Waals surface area (Å²) in [4.78, 5) is 3.36. The van der Waals surface area contributed by atoms with Crippen molar-refractivity contribution in [2.75, 3.05) is 6.54 Å². The zero-order valence-corrected chi connectivity index (χ0v) is 10.0. The van der Waals surface area contributed by atoms with Gasteiger partial charge in [-0.2, -0.15) is 0 Å². The molecule has 17 heavy (non-hydrogen) atoms. The maximum absolute atomic E-state index is 12.9. The maximum atomic E-state index is 12.9. The van der Waals surface area contributed by atoms with E-state index in [-0.39, 0.29) is 11.4 Å². The van der Waals surface area contributed by atoms with Gasteiger partial charge >= 0.3 is 0 Å². The molecule has 1 fully saturated rings. The second-order valence-corrected chi connectivity index (χ2v) is 5.96. The van der Waals surface area contributed by atoms with Crippen molar-refractivity contribution in [1.29, 1.82) is 0 Å². The van der Waals surface area contributed by atoms with E-state index in [1.54, 1.807) is 0 Å². The summed E-state index contributed by atoms with van der Waals surface area (Å²) in [6.07, 6.45) is 4.45. The zero-order valence-electron chi connectivity index (χ0n) is 9.19. The number of nitrogens with one attached hydrogen (secondary N) is 1. The molecule has 0 amide bonds. The Labute approximate surface area is 99.3 Å². The number of pyridine rings is 1. The Balaban J connectivity index is 2.25. The van der Waals surface area contributed by atoms with Crippen molar-refractivity contribution in [2.24, 2.45) is 5.73 Å². The predicted octanol–water partition coefficient (Wildman–Crippen LogP) is 0.380. The fraction of sp³-hybridized carbons (Fsp3) is 0.500. The van der Waals surface area contributed by atoms with Gasteiger partial charge in [0.05, 0.1) is 6.20 Å². The van der Waals surface area contributed by atoms with Gasteiger partial charge in [-0.3, -0.25) is 4.98 Å². The summed E-state index contributed by atoms with van der Waals surface area (Å²) in [5, 5.41) is 0. The first-order valence-electron chi connectivity index (χ1n) is 5.32. The SMILES string of the molecule is NCC1(NS(=O)(=O)c2cncc(F)c2)CCC1. The van der Waals surface area contributed by atoms with Crippen LogP contribution in [0.2, 0.25) is 0 Å². The number of nitrogens with zero attached hydrogens (tertiary/aromatic N) is 1. The van der Waals surface area contributed by atoms with Crippen LogP contribution in [-0.4, -0.2) is 25.5 Å². The van der Waals surface area contributed by atoms with Crippen LogP contribution in [0.5, 0.6) is 0 Å². The van der Waals surface area contributed by atoms with E-state index in [0.717, 1.165) is 24.9 Å². The highest BCUT2D eigenvalue weighted by molar-refractivity contribution is 7.89. The molecule has 1 aliphatic carbocycles. The molecule has 0 bridgehead atoms. The van der Waals surface area contributed by atoms with Crippen LogP contribution in [0.3, 0.4) is 0 Å². The third-order valence-corrected chi connectivity index (χ3v) is 4.59. The van der Waals surface area contributed by atoms with E-state index in [4.69, 9.17) is 5.73 Å². The van der Waals surface area contributed by atoms with Crippen LogP contribution in [0.1, 0.15) is 19.3 Å². The molecule has 7 heteroatoms. The summed E-state index contributed by atoms with van der Waals surface area (Å²) in [5.74, 6) is -0.678. The van der Waals surface area contributed by atoms with Crippen molar-refractivity contribution in [3.8, 4) is 0 Å². The molecule has 1 aromatic heterocycles. The summed E-state index contributed by atoms with van der Waals surface area (Å²) >= 11 is 0. The molecule has 2 rings (SSSR count). The van der Waals surface area contributed by atoms with Crippen LogP contribution in [0.4, 0.5) is 4.39 Å². The molecule has 1 saturated carbocycles. The molecule has 1 aliphatic rings. The molecule has 5 nitrogen and oxygen atoms in total. The van der Waals surface area contributed by atoms with E-state index in [9.17, 15) is 12.8 Å². The van der Waals surface area contributed by atoms with Crippen molar-refractivity contribution in [3.05, 3.63) is 24.3 Å². The second-order valence-electron chi connectivity index (χ2n) is 4.28. The molecule has 0 radical (unpaired) electrons. The minimum absolute atomic E-state index is 0.169. The molecule has 0 atom stereocenters. The minimum atomic E-state index is -3.75. The average Bonchev–Trinajstić information content (AvgIpc) is 2.24. The molecular formula is C10H14FN3O2S. The van der Waals surface area contributed by atoms with Gasteiger partial charge in [0.1, 0.15) is 10.7 Å². The lowest BCUT2D eigenvalue weighted by atomic mass is 9.78. The van der Waals surface area contributed by atoms with Crippen LogP contribution in [0.25, 0.3) is 0 Å². The molecule has 0 spiro atoms. The normalized spacial score (nSPS) is 18.7. The summed E-state index contributed by atoms with van der Waals surface area (Å²) in [6.45, 7) is 0.245. The summed E-state index contributed by atoms with van der Waals surface area (Å²) in [5.41, 5.74) is 5.00. The van der Waals surface area contributed by atoms with E-state index in [1.807, 2.05) is 0 Å². The number of sulfonamides is 1. The van der Waals surface area contributed by atoms with Gasteiger partial charge in [-0.05, 0) is 25.3 Å². The highest BCUT2D eigenvalue weighted by Gasteiger charge is 2.39. The minimum Gasteiger partial charge on any atom is -0.329 e. The van der Waals surface area contributed by atoms with Crippen molar-refractivity contribution in [2.45, 2.75) is 29.7 Å². The first-order chi connectivity index (χ1) is 7.97. The molecule has 0 saturated heterocycles. The largest absolute Gasteiger partial charge is 0.329 e. The number of hydrogen-bond acceptors (Lipinski definition) is 4. The number of aromatic nitrogens is 1. The number of halogens is 1. The van der Waals surface area contributed by atoms with Gasteiger partial charge < -0.3 is 5.73 Å². The monoisotopic (exact) mass is 259 g/mol. The van der Waals surface area contributed by atoms with Crippen molar-refractivity contribution in [1.82, 2.24) is 9.71 Å². The smallest absolute Gasteiger partial charge is 0.242 e. The van der Waals surface area contributed by atoms with Crippen molar-refractivity contribution in [3.63, 3.8) is 0 Å². The molecule has 3 N–H and O–H groups in total. The Morgan fingerprint density at radius 1 is 1.47 bits per heavy atom. The maximum Gasteiger partial charge on any atom is 0.242 e. The Kier molecular flexibility index (Phi) is 3.15. The van der Waals surface area contributed by atoms with Gasteiger partial charge in [-0.15, -0.1) is 0 Å². The van der Waals surface area contributed by atoms with Gasteiger partial charge in [0.2, 0.25) is 10.0 Å². The summed E-state index contributed by atoms with van der Waals surface area (Å²) in [6, 6.07) is 0.943. The number of hydrogen-bond donors (Lipinski definition) is 2. The first kappa shape index (κ1) is 12.4. The molecule has 0 aromatic carbocycles. The van der Waals surface area contributed by atoms with Crippen molar-refractivity contribution < 1.29 is 12.8 Å². The fourth-order valence-corrected chi connectivity index (χ4v) is 3.28. The van der Waals surface area contributed by atoms with Gasteiger partial charge in [-0.1, -0.05) is 0 Å². The summed E-state index contributed by atoms with van der Waals surface area (Å²) < 4.78 is 39.4. The van der Waals surface area contributed by atoms with Crippen LogP contribution in [0.15, 0.2) is 23.4 Å². The number of nitrogens with two attached hydrogens (primary N) is 1. The van der Waals surface area contributed by atoms with Gasteiger partial charge in [0.25, 0.3) is 0 Å². The molecule has 0 unspecified atom stereocenters. The Hall–Kier alpha value is -1.05. The van der Waals surface area contributed by atoms with Gasteiger partial charge in [-0.25, -0.2) is 17.5 Å². The highest BCUT2D eigenvalue weighted by Crippen LogP contribution is 2.32. The van der Waals surface area contributed by atoms with Crippen LogP contribution >= 0.6 is 0 Å². The summed E-state index contributed by atoms with van der Waals surface area (Å²) in [7, 11) is -3.75. The Bertz CT molecular complexity index is 509. The van der Waals surface area contributed by atoms with Crippen LogP contribution in [0, 0.1) is 5.82 Å². The highest BCUT2D eigenvalue weighted by atomic mass is 32.2. The van der Waals surface area contributed by atoms with Gasteiger partial charge in [0, 0.05) is 18.3 Å². The van der Waals surface area contributed by atoms with Crippen LogP contribution in [-0.2, 0) is 10.0 Å². The van der Waals surface area contributed by atoms with E-state index in [0.29, 0.717) is 12.8 Å². The first-order valence-corrected chi connectivity index (χ1v) is 6.80. The average molecular weight is 259 g/mol.